The molecule has 0 saturated heterocycles. The fraction of sp³-hybridized carbons (Fsp3) is 0.321. The largest absolute Gasteiger partial charge is 0.486 e. The van der Waals surface area contributed by atoms with E-state index in [9.17, 15) is 19.5 Å². The van der Waals surface area contributed by atoms with Crippen LogP contribution in [-0.4, -0.2) is 34.1 Å². The number of carboxylic acids is 1. The molecule has 0 spiro atoms. The number of hydrogen-bond donors (Lipinski definition) is 1. The van der Waals surface area contributed by atoms with Gasteiger partial charge in [0.1, 0.15) is 13.2 Å². The van der Waals surface area contributed by atoms with E-state index in [1.807, 2.05) is 0 Å². The number of carbonyl (C=O) groups is 3. The monoisotopic (exact) mass is 593 g/mol. The molecule has 0 radical (unpaired) electrons. The molecule has 5 rings (SSSR count). The molecule has 1 heterocycles. The highest BCUT2D eigenvalue weighted by molar-refractivity contribution is 6.37. The third kappa shape index (κ3) is 5.07. The standard InChI is InChI=1S/C28H23Cl4NO5/c29-16-8-7-14(17(30)11-16)13-38-28-18(31)9-15(10-19(28)32)25-26-20(3-1-5-22(26)34)33(12-24(36)37)21-4-2-6-23(35)27(21)25/h7-11,25H,1-6,12-13H2,(H,36,37). The van der Waals surface area contributed by atoms with Gasteiger partial charge in [-0.1, -0.05) is 52.5 Å². The number of carboxylic acid groups (broad SMARTS) is 1. The van der Waals surface area contributed by atoms with E-state index in [-0.39, 0.29) is 40.5 Å². The van der Waals surface area contributed by atoms with Gasteiger partial charge in [0.15, 0.2) is 17.3 Å². The van der Waals surface area contributed by atoms with E-state index in [4.69, 9.17) is 51.1 Å². The van der Waals surface area contributed by atoms with Crippen LogP contribution in [0, 0.1) is 0 Å². The molecule has 10 heteroatoms. The van der Waals surface area contributed by atoms with Crippen LogP contribution < -0.4 is 4.74 Å². The van der Waals surface area contributed by atoms with Gasteiger partial charge in [-0.3, -0.25) is 14.4 Å². The fourth-order valence-corrected chi connectivity index (χ4v) is 6.62. The predicted octanol–water partition coefficient (Wildman–Crippen LogP) is 7.38. The Morgan fingerprint density at radius 3 is 1.97 bits per heavy atom. The quantitative estimate of drug-likeness (QED) is 0.376. The Labute approximate surface area is 239 Å². The number of Topliss-reactive ketones (excluding diaryl/α,β-unsaturated/α-hetero) is 2. The van der Waals surface area contributed by atoms with Gasteiger partial charge in [-0.05, 0) is 55.5 Å². The Morgan fingerprint density at radius 1 is 0.868 bits per heavy atom. The molecule has 0 atom stereocenters. The fourth-order valence-electron chi connectivity index (χ4n) is 5.55. The highest BCUT2D eigenvalue weighted by Crippen LogP contribution is 2.50. The van der Waals surface area contributed by atoms with Crippen molar-refractivity contribution in [3.8, 4) is 5.75 Å². The minimum atomic E-state index is -1.02. The number of nitrogens with zero attached hydrogens (tertiary/aromatic N) is 1. The average Bonchev–Trinajstić information content (AvgIpc) is 2.85. The molecule has 2 aromatic carbocycles. The van der Waals surface area contributed by atoms with E-state index in [0.29, 0.717) is 82.2 Å². The summed E-state index contributed by atoms with van der Waals surface area (Å²) in [4.78, 5) is 40.0. The molecule has 0 aromatic heterocycles. The normalized spacial score (nSPS) is 18.1. The van der Waals surface area contributed by atoms with Gasteiger partial charge in [-0.15, -0.1) is 0 Å². The molecule has 0 amide bonds. The van der Waals surface area contributed by atoms with Crippen molar-refractivity contribution in [3.05, 3.63) is 84.1 Å². The highest BCUT2D eigenvalue weighted by Gasteiger charge is 2.44. The highest BCUT2D eigenvalue weighted by atomic mass is 35.5. The maximum Gasteiger partial charge on any atom is 0.323 e. The molecule has 6 nitrogen and oxygen atoms in total. The SMILES string of the molecule is O=C(O)CN1C2=C(C(=O)CCC2)C(c2cc(Cl)c(OCc3ccc(Cl)cc3Cl)c(Cl)c2)C2=C1CCCC2=O. The molecule has 38 heavy (non-hydrogen) atoms. The van der Waals surface area contributed by atoms with E-state index >= 15 is 0 Å². The Morgan fingerprint density at radius 2 is 1.45 bits per heavy atom. The molecule has 3 aliphatic rings. The van der Waals surface area contributed by atoms with Gasteiger partial charge in [0.2, 0.25) is 0 Å². The summed E-state index contributed by atoms with van der Waals surface area (Å²) in [5.74, 6) is -1.63. The van der Waals surface area contributed by atoms with Gasteiger partial charge in [0.25, 0.3) is 0 Å². The molecule has 0 unspecified atom stereocenters. The van der Waals surface area contributed by atoms with E-state index in [1.54, 1.807) is 35.2 Å². The number of ether oxygens (including phenoxy) is 1. The van der Waals surface area contributed by atoms with E-state index in [0.717, 1.165) is 0 Å². The predicted molar refractivity (Wildman–Crippen MR) is 146 cm³/mol. The Hall–Kier alpha value is -2.51. The van der Waals surface area contributed by atoms with Crippen LogP contribution >= 0.6 is 46.4 Å². The molecular weight excluding hydrogens is 572 g/mol. The van der Waals surface area contributed by atoms with Crippen LogP contribution in [-0.2, 0) is 21.0 Å². The van der Waals surface area contributed by atoms with Crippen molar-refractivity contribution in [1.29, 1.82) is 0 Å². The summed E-state index contributed by atoms with van der Waals surface area (Å²) >= 11 is 25.5. The first-order valence-corrected chi connectivity index (χ1v) is 13.7. The summed E-state index contributed by atoms with van der Waals surface area (Å²) in [6, 6.07) is 8.40. The molecular formula is C28H23Cl4NO5. The lowest BCUT2D eigenvalue weighted by Crippen LogP contribution is -2.41. The van der Waals surface area contributed by atoms with Crippen LogP contribution in [0.1, 0.15) is 55.6 Å². The number of aliphatic carboxylic acids is 1. The van der Waals surface area contributed by atoms with Crippen molar-refractivity contribution in [2.75, 3.05) is 6.54 Å². The smallest absolute Gasteiger partial charge is 0.323 e. The molecule has 1 N–H and O–H groups in total. The topological polar surface area (TPSA) is 83.9 Å². The number of carbonyl (C=O) groups excluding carboxylic acids is 2. The maximum atomic E-state index is 13.3. The van der Waals surface area contributed by atoms with Crippen molar-refractivity contribution in [3.63, 3.8) is 0 Å². The van der Waals surface area contributed by atoms with Crippen molar-refractivity contribution >= 4 is 63.9 Å². The first-order chi connectivity index (χ1) is 18.2. The van der Waals surface area contributed by atoms with Crippen molar-refractivity contribution in [1.82, 2.24) is 4.90 Å². The van der Waals surface area contributed by atoms with Crippen LogP contribution in [0.5, 0.6) is 5.75 Å². The first-order valence-electron chi connectivity index (χ1n) is 12.2. The second kappa shape index (κ2) is 10.9. The average molecular weight is 595 g/mol. The molecule has 0 bridgehead atoms. The van der Waals surface area contributed by atoms with Gasteiger partial charge < -0.3 is 14.7 Å². The van der Waals surface area contributed by atoms with Gasteiger partial charge in [-0.2, -0.15) is 0 Å². The Bertz CT molecular complexity index is 1360. The molecule has 2 aliphatic carbocycles. The second-order valence-electron chi connectivity index (χ2n) is 9.53. The van der Waals surface area contributed by atoms with Crippen molar-refractivity contribution in [2.24, 2.45) is 0 Å². The molecule has 2 aromatic rings. The molecule has 198 valence electrons. The molecule has 1 aliphatic heterocycles. The lowest BCUT2D eigenvalue weighted by atomic mass is 9.71. The zero-order valence-electron chi connectivity index (χ0n) is 20.2. The van der Waals surface area contributed by atoms with Crippen molar-refractivity contribution in [2.45, 2.75) is 51.0 Å². The van der Waals surface area contributed by atoms with Gasteiger partial charge in [0.05, 0.1) is 10.0 Å². The zero-order chi connectivity index (χ0) is 27.1. The minimum absolute atomic E-state index is 0.0958. The number of hydrogen-bond acceptors (Lipinski definition) is 5. The van der Waals surface area contributed by atoms with Crippen LogP contribution in [0.2, 0.25) is 20.1 Å². The summed E-state index contributed by atoms with van der Waals surface area (Å²) in [6.07, 6.45) is 3.02. The van der Waals surface area contributed by atoms with Crippen LogP contribution in [0.3, 0.4) is 0 Å². The summed E-state index contributed by atoms with van der Waals surface area (Å²) in [5.41, 5.74) is 3.56. The summed E-state index contributed by atoms with van der Waals surface area (Å²) in [6.45, 7) is -0.198. The molecule has 0 saturated carbocycles. The number of ketones is 2. The van der Waals surface area contributed by atoms with Gasteiger partial charge >= 0.3 is 5.97 Å². The maximum absolute atomic E-state index is 13.3. The zero-order valence-corrected chi connectivity index (χ0v) is 23.2. The third-order valence-corrected chi connectivity index (χ3v) is 8.27. The third-order valence-electron chi connectivity index (χ3n) is 7.12. The number of rotatable bonds is 6. The molecule has 0 fully saturated rings. The van der Waals surface area contributed by atoms with Crippen LogP contribution in [0.25, 0.3) is 0 Å². The number of allylic oxidation sites excluding steroid dienone is 4. The number of benzene rings is 2. The lowest BCUT2D eigenvalue weighted by molar-refractivity contribution is -0.138. The van der Waals surface area contributed by atoms with E-state index in [2.05, 4.69) is 0 Å². The lowest BCUT2D eigenvalue weighted by Gasteiger charge is -2.43. The van der Waals surface area contributed by atoms with Crippen molar-refractivity contribution < 1.29 is 24.2 Å². The van der Waals surface area contributed by atoms with Crippen LogP contribution in [0.4, 0.5) is 0 Å². The Kier molecular flexibility index (Phi) is 7.79. The second-order valence-corrected chi connectivity index (χ2v) is 11.2. The van der Waals surface area contributed by atoms with Gasteiger partial charge in [0, 0.05) is 56.9 Å². The summed E-state index contributed by atoms with van der Waals surface area (Å²) < 4.78 is 5.91. The Balaban J connectivity index is 1.57. The summed E-state index contributed by atoms with van der Waals surface area (Å²) in [5, 5.41) is 11.0. The van der Waals surface area contributed by atoms with Crippen LogP contribution in [0.15, 0.2) is 52.9 Å². The minimum Gasteiger partial charge on any atom is -0.486 e. The number of halogens is 4. The van der Waals surface area contributed by atoms with E-state index in [1.165, 1.54) is 0 Å². The first kappa shape index (κ1) is 27.1. The van der Waals surface area contributed by atoms with Gasteiger partial charge in [-0.25, -0.2) is 0 Å². The van der Waals surface area contributed by atoms with E-state index < -0.39 is 11.9 Å². The summed E-state index contributed by atoms with van der Waals surface area (Å²) in [7, 11) is 0.